The number of likely N-dealkylation sites (N-methyl/N-ethyl adjacent to an activating group) is 1. The zero-order valence-corrected chi connectivity index (χ0v) is 15.1. The summed E-state index contributed by atoms with van der Waals surface area (Å²) in [4.78, 5) is 49.9. The van der Waals surface area contributed by atoms with E-state index in [2.05, 4.69) is 0 Å². The second kappa shape index (κ2) is 9.02. The minimum absolute atomic E-state index is 0.147. The number of amides is 3. The topological polar surface area (TPSA) is 130 Å². The van der Waals surface area contributed by atoms with E-state index < -0.39 is 23.7 Å². The first-order valence-corrected chi connectivity index (χ1v) is 8.55. The molecule has 2 rings (SSSR count). The highest BCUT2D eigenvalue weighted by Crippen LogP contribution is 2.20. The second-order valence-corrected chi connectivity index (χ2v) is 6.43. The molecular weight excluding hydrogens is 354 g/mol. The molecule has 1 fully saturated rings. The van der Waals surface area contributed by atoms with Crippen LogP contribution >= 0.6 is 0 Å². The lowest BCUT2D eigenvalue weighted by Crippen LogP contribution is -2.46. The number of carbonyl (C=O) groups is 4. The molecule has 0 bridgehead atoms. The number of carboxylic acid groups (broad SMARTS) is 1. The van der Waals surface area contributed by atoms with Gasteiger partial charge < -0.3 is 25.4 Å². The number of hydrogen-bond donors (Lipinski definition) is 2. The Morgan fingerprint density at radius 1 is 1.30 bits per heavy atom. The highest BCUT2D eigenvalue weighted by Gasteiger charge is 2.29. The van der Waals surface area contributed by atoms with Crippen LogP contribution in [0, 0.1) is 5.92 Å². The van der Waals surface area contributed by atoms with Crippen LogP contribution in [0.2, 0.25) is 0 Å². The summed E-state index contributed by atoms with van der Waals surface area (Å²) in [5.74, 6) is -2.73. The monoisotopic (exact) mass is 377 g/mol. The van der Waals surface area contributed by atoms with Crippen LogP contribution in [0.5, 0.6) is 5.75 Å². The van der Waals surface area contributed by atoms with Crippen molar-refractivity contribution in [2.24, 2.45) is 11.7 Å². The van der Waals surface area contributed by atoms with Gasteiger partial charge in [0.1, 0.15) is 5.75 Å². The van der Waals surface area contributed by atoms with Gasteiger partial charge in [-0.1, -0.05) is 12.1 Å². The number of benzene rings is 1. The highest BCUT2D eigenvalue weighted by molar-refractivity contribution is 5.98. The zero-order valence-electron chi connectivity index (χ0n) is 15.1. The molecule has 1 aliphatic heterocycles. The molecule has 0 radical (unpaired) electrons. The third-order valence-corrected chi connectivity index (χ3v) is 4.33. The van der Waals surface area contributed by atoms with Crippen LogP contribution in [0.3, 0.4) is 0 Å². The molecule has 1 unspecified atom stereocenters. The quantitative estimate of drug-likeness (QED) is 0.685. The van der Waals surface area contributed by atoms with Gasteiger partial charge in [0.2, 0.25) is 5.91 Å². The maximum absolute atomic E-state index is 12.7. The van der Waals surface area contributed by atoms with Crippen molar-refractivity contribution in [2.75, 3.05) is 33.3 Å². The SMILES string of the molecule is CN(CC(=O)N1CCCC(C(=O)O)C1)C(=O)c1ccccc1OCC(N)=O. The van der Waals surface area contributed by atoms with Gasteiger partial charge in [0, 0.05) is 20.1 Å². The van der Waals surface area contributed by atoms with Crippen LogP contribution in [0.1, 0.15) is 23.2 Å². The number of aliphatic carboxylic acids is 1. The van der Waals surface area contributed by atoms with Crippen LogP contribution in [0.4, 0.5) is 0 Å². The second-order valence-electron chi connectivity index (χ2n) is 6.43. The molecule has 0 aromatic heterocycles. The molecule has 0 spiro atoms. The summed E-state index contributed by atoms with van der Waals surface area (Å²) < 4.78 is 5.25. The van der Waals surface area contributed by atoms with E-state index in [1.807, 2.05) is 0 Å². The van der Waals surface area contributed by atoms with Crippen molar-refractivity contribution >= 4 is 23.7 Å². The average molecular weight is 377 g/mol. The zero-order chi connectivity index (χ0) is 20.0. The Bertz CT molecular complexity index is 736. The van der Waals surface area contributed by atoms with E-state index in [1.165, 1.54) is 29.0 Å². The third kappa shape index (κ3) is 5.44. The average Bonchev–Trinajstić information content (AvgIpc) is 2.65. The highest BCUT2D eigenvalue weighted by atomic mass is 16.5. The molecular formula is C18H23N3O6. The summed E-state index contributed by atoms with van der Waals surface area (Å²) in [5, 5.41) is 9.13. The fraction of sp³-hybridized carbons (Fsp3) is 0.444. The van der Waals surface area contributed by atoms with Crippen LogP contribution in [0.25, 0.3) is 0 Å². The van der Waals surface area contributed by atoms with E-state index in [-0.39, 0.29) is 36.9 Å². The van der Waals surface area contributed by atoms with Crippen molar-refractivity contribution < 1.29 is 29.0 Å². The number of nitrogens with two attached hydrogens (primary N) is 1. The lowest BCUT2D eigenvalue weighted by molar-refractivity contribution is -0.145. The predicted molar refractivity (Wildman–Crippen MR) is 95.0 cm³/mol. The first kappa shape index (κ1) is 20.2. The normalized spacial score (nSPS) is 16.5. The number of piperidine rings is 1. The number of hydrogen-bond acceptors (Lipinski definition) is 5. The Morgan fingerprint density at radius 2 is 2.00 bits per heavy atom. The lowest BCUT2D eigenvalue weighted by atomic mass is 9.98. The number of nitrogens with zero attached hydrogens (tertiary/aromatic N) is 2. The van der Waals surface area contributed by atoms with Crippen molar-refractivity contribution in [1.82, 2.24) is 9.80 Å². The van der Waals surface area contributed by atoms with Gasteiger partial charge in [-0.05, 0) is 25.0 Å². The number of carbonyl (C=O) groups excluding carboxylic acids is 3. The maximum Gasteiger partial charge on any atom is 0.308 e. The Hall–Kier alpha value is -3.10. The first-order valence-electron chi connectivity index (χ1n) is 8.55. The summed E-state index contributed by atoms with van der Waals surface area (Å²) >= 11 is 0. The van der Waals surface area contributed by atoms with Gasteiger partial charge in [0.25, 0.3) is 11.8 Å². The van der Waals surface area contributed by atoms with Crippen molar-refractivity contribution in [3.63, 3.8) is 0 Å². The largest absolute Gasteiger partial charge is 0.483 e. The van der Waals surface area contributed by atoms with E-state index in [9.17, 15) is 19.2 Å². The molecule has 1 heterocycles. The fourth-order valence-corrected chi connectivity index (χ4v) is 2.90. The smallest absolute Gasteiger partial charge is 0.308 e. The molecule has 9 heteroatoms. The summed E-state index contributed by atoms with van der Waals surface area (Å²) in [6.07, 6.45) is 1.16. The van der Waals surface area contributed by atoms with Crippen LogP contribution < -0.4 is 10.5 Å². The van der Waals surface area contributed by atoms with Crippen LogP contribution in [-0.4, -0.2) is 71.9 Å². The molecule has 1 aliphatic rings. The Labute approximate surface area is 156 Å². The van der Waals surface area contributed by atoms with Gasteiger partial charge in [-0.3, -0.25) is 19.2 Å². The molecule has 9 nitrogen and oxygen atoms in total. The van der Waals surface area contributed by atoms with E-state index in [4.69, 9.17) is 15.6 Å². The molecule has 3 N–H and O–H groups in total. The third-order valence-electron chi connectivity index (χ3n) is 4.33. The molecule has 1 aromatic carbocycles. The molecule has 0 aliphatic carbocycles. The summed E-state index contributed by atoms with van der Waals surface area (Å²) in [7, 11) is 1.48. The Morgan fingerprint density at radius 3 is 2.67 bits per heavy atom. The number of para-hydroxylation sites is 1. The summed E-state index contributed by atoms with van der Waals surface area (Å²) in [6.45, 7) is 0.0735. The van der Waals surface area contributed by atoms with Gasteiger partial charge >= 0.3 is 5.97 Å². The lowest BCUT2D eigenvalue weighted by Gasteiger charge is -2.32. The van der Waals surface area contributed by atoms with E-state index in [0.29, 0.717) is 19.4 Å². The van der Waals surface area contributed by atoms with E-state index in [1.54, 1.807) is 12.1 Å². The molecule has 1 saturated heterocycles. The Balaban J connectivity index is 2.02. The van der Waals surface area contributed by atoms with Gasteiger partial charge in [-0.15, -0.1) is 0 Å². The maximum atomic E-state index is 12.7. The minimum Gasteiger partial charge on any atom is -0.483 e. The molecule has 1 aromatic rings. The molecule has 1 atom stereocenters. The van der Waals surface area contributed by atoms with Gasteiger partial charge in [-0.2, -0.15) is 0 Å². The molecule has 3 amide bonds. The number of primary amides is 1. The van der Waals surface area contributed by atoms with Crippen molar-refractivity contribution in [1.29, 1.82) is 0 Å². The van der Waals surface area contributed by atoms with Crippen molar-refractivity contribution in [3.8, 4) is 5.75 Å². The fourth-order valence-electron chi connectivity index (χ4n) is 2.90. The van der Waals surface area contributed by atoms with Crippen LogP contribution in [0.15, 0.2) is 24.3 Å². The number of ether oxygens (including phenoxy) is 1. The summed E-state index contributed by atoms with van der Waals surface area (Å²) in [5.41, 5.74) is 5.26. The molecule has 146 valence electrons. The van der Waals surface area contributed by atoms with Crippen molar-refractivity contribution in [3.05, 3.63) is 29.8 Å². The summed E-state index contributed by atoms with van der Waals surface area (Å²) in [6, 6.07) is 6.36. The number of likely N-dealkylation sites (tertiary alicyclic amines) is 1. The van der Waals surface area contributed by atoms with Gasteiger partial charge in [-0.25, -0.2) is 0 Å². The minimum atomic E-state index is -0.919. The predicted octanol–water partition coefficient (Wildman–Crippen LogP) is -0.0541. The van der Waals surface area contributed by atoms with Crippen LogP contribution in [-0.2, 0) is 14.4 Å². The molecule has 0 saturated carbocycles. The Kier molecular flexibility index (Phi) is 6.75. The van der Waals surface area contributed by atoms with Crippen molar-refractivity contribution in [2.45, 2.75) is 12.8 Å². The number of carboxylic acids is 1. The van der Waals surface area contributed by atoms with Gasteiger partial charge in [0.15, 0.2) is 6.61 Å². The standard InChI is InChI=1S/C18H23N3O6/c1-20(10-16(23)21-8-4-5-12(9-21)18(25)26)17(24)13-6-2-3-7-14(13)27-11-15(19)22/h2-3,6-7,12H,4-5,8-11H2,1H3,(H2,19,22)(H,25,26). The number of rotatable bonds is 7. The molecule has 27 heavy (non-hydrogen) atoms. The first-order chi connectivity index (χ1) is 12.8. The van der Waals surface area contributed by atoms with Gasteiger partial charge in [0.05, 0.1) is 18.0 Å². The van der Waals surface area contributed by atoms with E-state index >= 15 is 0 Å². The van der Waals surface area contributed by atoms with E-state index in [0.717, 1.165) is 0 Å².